The van der Waals surface area contributed by atoms with Crippen molar-refractivity contribution in [2.24, 2.45) is 17.1 Å². The smallest absolute Gasteiger partial charge is 0.219 e. The normalized spacial score (nSPS) is 21.1. The summed E-state index contributed by atoms with van der Waals surface area (Å²) in [5, 5.41) is 30.3. The van der Waals surface area contributed by atoms with E-state index in [2.05, 4.69) is 18.2 Å². The highest BCUT2D eigenvalue weighted by Gasteiger charge is 2.54. The third kappa shape index (κ3) is 3.99. The highest BCUT2D eigenvalue weighted by Crippen LogP contribution is 2.54. The van der Waals surface area contributed by atoms with Crippen molar-refractivity contribution >= 4 is 5.91 Å². The van der Waals surface area contributed by atoms with Crippen LogP contribution in [-0.2, 0) is 4.79 Å². The molecule has 0 aromatic heterocycles. The number of hydrogen-bond donors (Lipinski definition) is 1. The zero-order valence-electron chi connectivity index (χ0n) is 19.1. The van der Waals surface area contributed by atoms with Crippen LogP contribution in [-0.4, -0.2) is 37.1 Å². The Kier molecular flexibility index (Phi) is 6.95. The van der Waals surface area contributed by atoms with Crippen LogP contribution in [0.4, 0.5) is 0 Å². The molecule has 2 atom stereocenters. The highest BCUT2D eigenvalue weighted by atomic mass is 16.5. The maximum absolute atomic E-state index is 12.1. The van der Waals surface area contributed by atoms with Crippen LogP contribution in [0.5, 0.6) is 11.5 Å². The van der Waals surface area contributed by atoms with Gasteiger partial charge in [0.2, 0.25) is 5.91 Å². The minimum absolute atomic E-state index is 0.0527. The highest BCUT2D eigenvalue weighted by molar-refractivity contribution is 5.74. The van der Waals surface area contributed by atoms with Gasteiger partial charge in [-0.2, -0.15) is 15.8 Å². The quantitative estimate of drug-likeness (QED) is 0.710. The third-order valence-corrected chi connectivity index (χ3v) is 6.20. The first-order valence-corrected chi connectivity index (χ1v) is 11.0. The van der Waals surface area contributed by atoms with Crippen molar-refractivity contribution in [3.8, 4) is 29.7 Å². The lowest BCUT2D eigenvalue weighted by Crippen LogP contribution is -2.48. The van der Waals surface area contributed by atoms with Gasteiger partial charge in [-0.3, -0.25) is 4.79 Å². The molecule has 8 nitrogen and oxygen atoms in total. The van der Waals surface area contributed by atoms with Gasteiger partial charge in [0, 0.05) is 31.8 Å². The summed E-state index contributed by atoms with van der Waals surface area (Å²) in [5.74, 6) is -0.212. The molecule has 1 aromatic rings. The van der Waals surface area contributed by atoms with Crippen molar-refractivity contribution in [3.05, 3.63) is 46.7 Å². The molecule has 8 heteroatoms. The molecule has 0 spiro atoms. The predicted molar refractivity (Wildman–Crippen MR) is 120 cm³/mol. The van der Waals surface area contributed by atoms with Gasteiger partial charge in [0.1, 0.15) is 6.07 Å². The molecule has 170 valence electrons. The van der Waals surface area contributed by atoms with Gasteiger partial charge < -0.3 is 20.1 Å². The number of nitrogens with zero attached hydrogens (tertiary/aromatic N) is 4. The van der Waals surface area contributed by atoms with Crippen LogP contribution in [0.1, 0.15) is 38.7 Å². The Morgan fingerprint density at radius 3 is 2.52 bits per heavy atom. The second-order valence-electron chi connectivity index (χ2n) is 8.09. The van der Waals surface area contributed by atoms with Crippen molar-refractivity contribution in [3.63, 3.8) is 0 Å². The zero-order valence-corrected chi connectivity index (χ0v) is 19.1. The van der Waals surface area contributed by atoms with E-state index in [9.17, 15) is 20.6 Å². The summed E-state index contributed by atoms with van der Waals surface area (Å²) in [6.45, 7) is 6.88. The Balaban J connectivity index is 2.25. The first kappa shape index (κ1) is 23.7. The van der Waals surface area contributed by atoms with Gasteiger partial charge in [-0.05, 0) is 36.6 Å². The number of ether oxygens (including phenoxy) is 2. The minimum Gasteiger partial charge on any atom is -0.490 e. The molecule has 1 aromatic carbocycles. The van der Waals surface area contributed by atoms with E-state index in [1.807, 2.05) is 13.8 Å². The van der Waals surface area contributed by atoms with Gasteiger partial charge in [0.15, 0.2) is 16.9 Å². The second kappa shape index (κ2) is 9.67. The molecule has 2 aliphatic rings. The fourth-order valence-corrected chi connectivity index (χ4v) is 4.63. The molecule has 1 heterocycles. The molecule has 1 aliphatic carbocycles. The van der Waals surface area contributed by atoms with E-state index in [0.29, 0.717) is 42.4 Å². The Bertz CT molecular complexity index is 1120. The van der Waals surface area contributed by atoms with E-state index in [-0.39, 0.29) is 23.7 Å². The number of hydrogen-bond acceptors (Lipinski definition) is 7. The molecule has 1 aliphatic heterocycles. The van der Waals surface area contributed by atoms with Gasteiger partial charge in [-0.25, -0.2) is 0 Å². The van der Waals surface area contributed by atoms with E-state index in [0.717, 1.165) is 6.42 Å². The van der Waals surface area contributed by atoms with Crippen molar-refractivity contribution in [1.82, 2.24) is 4.90 Å². The van der Waals surface area contributed by atoms with Gasteiger partial charge in [0.25, 0.3) is 0 Å². The first-order chi connectivity index (χ1) is 15.9. The van der Waals surface area contributed by atoms with Gasteiger partial charge >= 0.3 is 0 Å². The van der Waals surface area contributed by atoms with Gasteiger partial charge in [-0.1, -0.05) is 19.1 Å². The van der Waals surface area contributed by atoms with E-state index < -0.39 is 17.3 Å². The lowest BCUT2D eigenvalue weighted by molar-refractivity contribution is -0.129. The summed E-state index contributed by atoms with van der Waals surface area (Å²) >= 11 is 0. The Hall–Kier alpha value is -3.96. The number of rotatable bonds is 6. The lowest BCUT2D eigenvalue weighted by Gasteiger charge is -2.45. The summed E-state index contributed by atoms with van der Waals surface area (Å²) in [4.78, 5) is 13.8. The average Bonchev–Trinajstić information content (AvgIpc) is 2.82. The Labute approximate surface area is 194 Å². The van der Waals surface area contributed by atoms with Crippen LogP contribution >= 0.6 is 0 Å². The maximum atomic E-state index is 12.1. The molecule has 1 amide bonds. The SMILES string of the molecule is CCCOc1ccc(C2C3CN(C(C)=O)CC=C3C(C#N)=C(N)C2(C#N)C#N)cc1OCC. The van der Waals surface area contributed by atoms with E-state index >= 15 is 0 Å². The maximum Gasteiger partial charge on any atom is 0.219 e. The number of amides is 1. The molecule has 0 fully saturated rings. The molecule has 0 radical (unpaired) electrons. The minimum atomic E-state index is -1.78. The van der Waals surface area contributed by atoms with Crippen LogP contribution in [0.2, 0.25) is 0 Å². The number of fused-ring (bicyclic) bond motifs is 1. The van der Waals surface area contributed by atoms with Crippen molar-refractivity contribution in [2.45, 2.75) is 33.1 Å². The predicted octanol–water partition coefficient (Wildman–Crippen LogP) is 3.15. The molecule has 0 saturated carbocycles. The van der Waals surface area contributed by atoms with Crippen LogP contribution in [0.3, 0.4) is 0 Å². The average molecular weight is 446 g/mol. The van der Waals surface area contributed by atoms with Crippen molar-refractivity contribution in [1.29, 1.82) is 15.8 Å². The summed E-state index contributed by atoms with van der Waals surface area (Å²) in [6.07, 6.45) is 2.63. The molecule has 0 saturated heterocycles. The fourth-order valence-electron chi connectivity index (χ4n) is 4.63. The van der Waals surface area contributed by atoms with Crippen LogP contribution in [0, 0.1) is 45.3 Å². The topological polar surface area (TPSA) is 136 Å². The van der Waals surface area contributed by atoms with Crippen molar-refractivity contribution < 1.29 is 14.3 Å². The number of nitriles is 3. The standard InChI is InChI=1S/C25H27N5O3/c1-4-10-33-21-7-6-17(11-22(21)32-5-2)23-20-13-30(16(3)31)9-8-18(20)19(12-26)24(29)25(23,14-27)15-28/h6-8,11,20,23H,4-5,9-10,13,29H2,1-3H3. The fraction of sp³-hybridized carbons (Fsp3) is 0.440. The van der Waals surface area contributed by atoms with Gasteiger partial charge in [-0.15, -0.1) is 0 Å². The van der Waals surface area contributed by atoms with Crippen LogP contribution in [0.25, 0.3) is 0 Å². The lowest BCUT2D eigenvalue weighted by atomic mass is 9.58. The van der Waals surface area contributed by atoms with Gasteiger partial charge in [0.05, 0.1) is 36.6 Å². The molecule has 2 unspecified atom stereocenters. The van der Waals surface area contributed by atoms with Crippen LogP contribution in [0.15, 0.2) is 41.1 Å². The number of nitrogens with two attached hydrogens (primary N) is 1. The number of carbonyl (C=O) groups is 1. The first-order valence-electron chi connectivity index (χ1n) is 11.0. The molecular weight excluding hydrogens is 418 g/mol. The van der Waals surface area contributed by atoms with E-state index in [4.69, 9.17) is 15.2 Å². The molecule has 2 N–H and O–H groups in total. The third-order valence-electron chi connectivity index (χ3n) is 6.20. The monoisotopic (exact) mass is 445 g/mol. The zero-order chi connectivity index (χ0) is 24.2. The number of benzene rings is 1. The largest absolute Gasteiger partial charge is 0.490 e. The molecule has 33 heavy (non-hydrogen) atoms. The Morgan fingerprint density at radius 1 is 1.21 bits per heavy atom. The molecular formula is C25H27N5O3. The van der Waals surface area contributed by atoms with E-state index in [1.165, 1.54) is 6.92 Å². The summed E-state index contributed by atoms with van der Waals surface area (Å²) < 4.78 is 11.6. The van der Waals surface area contributed by atoms with E-state index in [1.54, 1.807) is 29.2 Å². The summed E-state index contributed by atoms with van der Waals surface area (Å²) in [5.41, 5.74) is 5.99. The molecule has 3 rings (SSSR count). The Morgan fingerprint density at radius 2 is 1.94 bits per heavy atom. The second-order valence-corrected chi connectivity index (χ2v) is 8.09. The van der Waals surface area contributed by atoms with Crippen molar-refractivity contribution in [2.75, 3.05) is 26.3 Å². The van der Waals surface area contributed by atoms with Crippen LogP contribution < -0.4 is 15.2 Å². The number of allylic oxidation sites excluding steroid dienone is 2. The molecule has 0 bridgehead atoms. The summed E-state index contributed by atoms with van der Waals surface area (Å²) in [6, 6.07) is 11.7. The number of carbonyl (C=O) groups excluding carboxylic acids is 1. The summed E-state index contributed by atoms with van der Waals surface area (Å²) in [7, 11) is 0.